The fraction of sp³-hybridized carbons (Fsp3) is 0.444. The first kappa shape index (κ1) is 26.3. The van der Waals surface area contributed by atoms with E-state index in [0.717, 1.165) is 30.4 Å². The molecule has 2 aromatic rings. The number of amides is 3. The summed E-state index contributed by atoms with van der Waals surface area (Å²) < 4.78 is 10.9. The highest BCUT2D eigenvalue weighted by Gasteiger charge is 2.28. The molecule has 0 bridgehead atoms. The Hall–Kier alpha value is -3.79. The number of carbonyl (C=O) groups is 2. The Morgan fingerprint density at radius 1 is 1.14 bits per heavy atom. The first-order valence-corrected chi connectivity index (χ1v) is 12.7. The van der Waals surface area contributed by atoms with Gasteiger partial charge in [0, 0.05) is 32.4 Å². The van der Waals surface area contributed by atoms with E-state index in [1.54, 1.807) is 37.7 Å². The Morgan fingerprint density at radius 2 is 1.97 bits per heavy atom. The van der Waals surface area contributed by atoms with Crippen LogP contribution >= 0.6 is 0 Å². The second-order valence-corrected chi connectivity index (χ2v) is 8.96. The van der Waals surface area contributed by atoms with Crippen LogP contribution in [0.25, 0.3) is 0 Å². The quantitative estimate of drug-likeness (QED) is 0.333. The average Bonchev–Trinajstić information content (AvgIpc) is 2.94. The standard InChI is InChI=1S/C27H34N6O4/c1-3-4-5-10-28-29-18-22-7-6-8-25(30-22)31-26(34)23-16-21-19-33(11-9-20(21)17-24(23)36-2)27(35)32-12-14-37-15-13-32/h6-8,10,16-18H,3-5,9,11-15,19H2,1-2H3,(H,30,31,34). The number of aromatic nitrogens is 1. The zero-order chi connectivity index (χ0) is 26.0. The van der Waals surface area contributed by atoms with Crippen LogP contribution < -0.4 is 10.1 Å². The van der Waals surface area contributed by atoms with Gasteiger partial charge in [0.05, 0.1) is 37.8 Å². The smallest absolute Gasteiger partial charge is 0.320 e. The molecular formula is C27H34N6O4. The van der Waals surface area contributed by atoms with Crippen LogP contribution in [0.4, 0.5) is 10.6 Å². The molecule has 1 N–H and O–H groups in total. The van der Waals surface area contributed by atoms with Gasteiger partial charge in [-0.25, -0.2) is 9.78 Å². The number of anilines is 1. The number of pyridine rings is 1. The van der Waals surface area contributed by atoms with E-state index >= 15 is 0 Å². The summed E-state index contributed by atoms with van der Waals surface area (Å²) in [4.78, 5) is 34.3. The molecule has 3 amide bonds. The predicted octanol–water partition coefficient (Wildman–Crippen LogP) is 3.75. The van der Waals surface area contributed by atoms with E-state index in [-0.39, 0.29) is 11.9 Å². The van der Waals surface area contributed by atoms with Crippen LogP contribution in [-0.2, 0) is 17.7 Å². The fourth-order valence-electron chi connectivity index (χ4n) is 4.32. The van der Waals surface area contributed by atoms with Crippen LogP contribution in [0.3, 0.4) is 0 Å². The Bertz CT molecular complexity index is 1160. The number of benzene rings is 1. The van der Waals surface area contributed by atoms with E-state index in [2.05, 4.69) is 27.4 Å². The van der Waals surface area contributed by atoms with Gasteiger partial charge in [0.15, 0.2) is 0 Å². The maximum absolute atomic E-state index is 13.2. The number of carbonyl (C=O) groups excluding carboxylic acids is 2. The average molecular weight is 507 g/mol. The predicted molar refractivity (Wildman–Crippen MR) is 143 cm³/mol. The number of rotatable bonds is 8. The number of nitrogens with zero attached hydrogens (tertiary/aromatic N) is 5. The van der Waals surface area contributed by atoms with Crippen molar-refractivity contribution < 1.29 is 19.1 Å². The molecule has 3 heterocycles. The van der Waals surface area contributed by atoms with Gasteiger partial charge < -0.3 is 24.6 Å². The summed E-state index contributed by atoms with van der Waals surface area (Å²) in [5.41, 5.74) is 2.99. The molecule has 1 aromatic carbocycles. The monoisotopic (exact) mass is 506 g/mol. The summed E-state index contributed by atoms with van der Waals surface area (Å²) in [6.07, 6.45) is 7.11. The van der Waals surface area contributed by atoms with Crippen LogP contribution in [0.1, 0.15) is 53.4 Å². The third-order valence-electron chi connectivity index (χ3n) is 6.37. The number of morpholine rings is 1. The number of fused-ring (bicyclic) bond motifs is 1. The lowest BCUT2D eigenvalue weighted by Crippen LogP contribution is -2.49. The summed E-state index contributed by atoms with van der Waals surface area (Å²) in [7, 11) is 1.55. The molecule has 1 fully saturated rings. The van der Waals surface area contributed by atoms with E-state index in [0.29, 0.717) is 68.6 Å². The van der Waals surface area contributed by atoms with Crippen molar-refractivity contribution in [2.75, 3.05) is 45.3 Å². The van der Waals surface area contributed by atoms with Crippen molar-refractivity contribution in [3.05, 3.63) is 52.7 Å². The van der Waals surface area contributed by atoms with Gasteiger partial charge in [-0.3, -0.25) is 4.79 Å². The van der Waals surface area contributed by atoms with Crippen LogP contribution in [-0.4, -0.2) is 79.1 Å². The highest BCUT2D eigenvalue weighted by molar-refractivity contribution is 6.06. The van der Waals surface area contributed by atoms with Crippen molar-refractivity contribution in [1.82, 2.24) is 14.8 Å². The molecule has 0 radical (unpaired) electrons. The molecule has 0 atom stereocenters. The van der Waals surface area contributed by atoms with Crippen LogP contribution in [0.2, 0.25) is 0 Å². The van der Waals surface area contributed by atoms with Crippen LogP contribution in [0, 0.1) is 0 Å². The molecule has 0 saturated carbocycles. The lowest BCUT2D eigenvalue weighted by molar-refractivity contribution is 0.0421. The molecule has 4 rings (SSSR count). The van der Waals surface area contributed by atoms with Gasteiger partial charge in [-0.1, -0.05) is 19.4 Å². The maximum Gasteiger partial charge on any atom is 0.320 e. The molecule has 2 aliphatic heterocycles. The van der Waals surface area contributed by atoms with Gasteiger partial charge in [-0.05, 0) is 54.7 Å². The third-order valence-corrected chi connectivity index (χ3v) is 6.37. The van der Waals surface area contributed by atoms with E-state index in [1.165, 1.54) is 0 Å². The van der Waals surface area contributed by atoms with Crippen LogP contribution in [0.5, 0.6) is 5.75 Å². The molecule has 1 saturated heterocycles. The number of urea groups is 1. The van der Waals surface area contributed by atoms with Crippen molar-refractivity contribution in [1.29, 1.82) is 0 Å². The van der Waals surface area contributed by atoms with Crippen LogP contribution in [0.15, 0.2) is 40.5 Å². The second kappa shape index (κ2) is 13.0. The minimum Gasteiger partial charge on any atom is -0.496 e. The summed E-state index contributed by atoms with van der Waals surface area (Å²) in [5, 5.41) is 10.9. The number of hydrogen-bond acceptors (Lipinski definition) is 7. The van der Waals surface area contributed by atoms with E-state index in [9.17, 15) is 9.59 Å². The molecule has 10 heteroatoms. The minimum absolute atomic E-state index is 0.00754. The zero-order valence-electron chi connectivity index (χ0n) is 21.5. The summed E-state index contributed by atoms with van der Waals surface area (Å²) in [5.74, 6) is 0.548. The number of unbranched alkanes of at least 4 members (excludes halogenated alkanes) is 2. The molecule has 1 aromatic heterocycles. The van der Waals surface area contributed by atoms with Crippen molar-refractivity contribution in [2.24, 2.45) is 10.2 Å². The summed E-state index contributed by atoms with van der Waals surface area (Å²) >= 11 is 0. The molecule has 0 aliphatic carbocycles. The highest BCUT2D eigenvalue weighted by atomic mass is 16.5. The van der Waals surface area contributed by atoms with E-state index < -0.39 is 0 Å². The molecule has 196 valence electrons. The van der Waals surface area contributed by atoms with Crippen molar-refractivity contribution in [3.8, 4) is 5.75 Å². The van der Waals surface area contributed by atoms with Gasteiger partial charge in [0.1, 0.15) is 11.6 Å². The molecule has 2 aliphatic rings. The van der Waals surface area contributed by atoms with Crippen molar-refractivity contribution in [2.45, 2.75) is 39.2 Å². The normalized spacial score (nSPS) is 15.7. The highest BCUT2D eigenvalue weighted by Crippen LogP contribution is 2.29. The Kier molecular flexibility index (Phi) is 9.20. The number of hydrogen-bond donors (Lipinski definition) is 1. The maximum atomic E-state index is 13.2. The van der Waals surface area contributed by atoms with Gasteiger partial charge in [0.25, 0.3) is 5.91 Å². The largest absolute Gasteiger partial charge is 0.496 e. The first-order valence-electron chi connectivity index (χ1n) is 12.7. The van der Waals surface area contributed by atoms with E-state index in [4.69, 9.17) is 9.47 Å². The van der Waals surface area contributed by atoms with Crippen molar-refractivity contribution in [3.63, 3.8) is 0 Å². The van der Waals surface area contributed by atoms with Crippen molar-refractivity contribution >= 4 is 30.2 Å². The summed E-state index contributed by atoms with van der Waals surface area (Å²) in [6.45, 7) is 5.51. The second-order valence-electron chi connectivity index (χ2n) is 8.96. The van der Waals surface area contributed by atoms with Gasteiger partial charge in [-0.15, -0.1) is 0 Å². The third kappa shape index (κ3) is 6.91. The lowest BCUT2D eigenvalue weighted by atomic mass is 9.96. The number of methoxy groups -OCH3 is 1. The molecule has 37 heavy (non-hydrogen) atoms. The number of ether oxygens (including phenoxy) is 2. The first-order chi connectivity index (χ1) is 18.1. The van der Waals surface area contributed by atoms with Gasteiger partial charge >= 0.3 is 6.03 Å². The Labute approximate surface area is 217 Å². The minimum atomic E-state index is -0.338. The molecule has 0 unspecified atom stereocenters. The molecular weight excluding hydrogens is 472 g/mol. The lowest BCUT2D eigenvalue weighted by Gasteiger charge is -2.35. The molecule has 0 spiro atoms. The number of nitrogens with one attached hydrogen (secondary N) is 1. The molecule has 10 nitrogen and oxygen atoms in total. The zero-order valence-corrected chi connectivity index (χ0v) is 21.5. The topological polar surface area (TPSA) is 109 Å². The summed E-state index contributed by atoms with van der Waals surface area (Å²) in [6, 6.07) is 9.03. The Balaban J connectivity index is 1.46. The van der Waals surface area contributed by atoms with E-state index in [1.807, 2.05) is 21.9 Å². The SMILES string of the molecule is CCCCC=NN=Cc1cccc(NC(=O)c2cc3c(cc2OC)CCN(C(=O)N2CCOCC2)C3)n1. The Morgan fingerprint density at radius 3 is 2.76 bits per heavy atom. The van der Waals surface area contributed by atoms with Gasteiger partial charge in [-0.2, -0.15) is 10.2 Å². The van der Waals surface area contributed by atoms with Gasteiger partial charge in [0.2, 0.25) is 0 Å². The fourth-order valence-corrected chi connectivity index (χ4v) is 4.32.